The number of aromatic nitrogens is 3. The maximum atomic E-state index is 14.4. The minimum absolute atomic E-state index is 0.329. The van der Waals surface area contributed by atoms with E-state index in [2.05, 4.69) is 10.2 Å². The number of hydrogen-bond acceptors (Lipinski definition) is 3. The van der Waals surface area contributed by atoms with Gasteiger partial charge in [-0.3, -0.25) is 4.57 Å². The van der Waals surface area contributed by atoms with Gasteiger partial charge in [-0.15, -0.1) is 10.2 Å². The SMILES string of the molecule is Fc1ccccc1-c1nnc(SCc2ccccc2Cl)n1-c1ccccc1. The highest BCUT2D eigenvalue weighted by molar-refractivity contribution is 7.98. The molecule has 6 heteroatoms. The van der Waals surface area contributed by atoms with Crippen LogP contribution in [0.25, 0.3) is 17.1 Å². The van der Waals surface area contributed by atoms with E-state index < -0.39 is 0 Å². The van der Waals surface area contributed by atoms with E-state index in [1.165, 1.54) is 17.8 Å². The zero-order chi connectivity index (χ0) is 18.6. The molecule has 0 saturated carbocycles. The average molecular weight is 396 g/mol. The summed E-state index contributed by atoms with van der Waals surface area (Å²) < 4.78 is 16.3. The largest absolute Gasteiger partial charge is 0.270 e. The van der Waals surface area contributed by atoms with Crippen molar-refractivity contribution in [2.45, 2.75) is 10.9 Å². The Morgan fingerprint density at radius 2 is 1.56 bits per heavy atom. The lowest BCUT2D eigenvalue weighted by molar-refractivity contribution is 0.629. The van der Waals surface area contributed by atoms with Crippen LogP contribution in [0.3, 0.4) is 0 Å². The lowest BCUT2D eigenvalue weighted by Crippen LogP contribution is -2.00. The van der Waals surface area contributed by atoms with Gasteiger partial charge in [0.15, 0.2) is 11.0 Å². The van der Waals surface area contributed by atoms with Crippen molar-refractivity contribution < 1.29 is 4.39 Å². The Bertz CT molecular complexity index is 1070. The van der Waals surface area contributed by atoms with E-state index in [0.717, 1.165) is 11.3 Å². The molecular formula is C21H15ClFN3S. The highest BCUT2D eigenvalue weighted by Gasteiger charge is 2.18. The summed E-state index contributed by atoms with van der Waals surface area (Å²) in [5.41, 5.74) is 2.31. The standard InChI is InChI=1S/C21H15ClFN3S/c22-18-12-6-4-8-15(18)14-27-21-25-24-20(17-11-5-7-13-19(17)23)26(21)16-9-2-1-3-10-16/h1-13H,14H2. The van der Waals surface area contributed by atoms with Crippen molar-refractivity contribution in [3.05, 3.63) is 95.3 Å². The number of thioether (sulfide) groups is 1. The Balaban J connectivity index is 1.76. The molecule has 4 aromatic rings. The molecule has 0 bridgehead atoms. The molecule has 0 N–H and O–H groups in total. The highest BCUT2D eigenvalue weighted by Crippen LogP contribution is 2.31. The summed E-state index contributed by atoms with van der Waals surface area (Å²) >= 11 is 7.78. The van der Waals surface area contributed by atoms with E-state index in [0.29, 0.717) is 27.3 Å². The lowest BCUT2D eigenvalue weighted by Gasteiger charge is -2.11. The van der Waals surface area contributed by atoms with E-state index >= 15 is 0 Å². The fourth-order valence-corrected chi connectivity index (χ4v) is 3.99. The van der Waals surface area contributed by atoms with Crippen LogP contribution in [0.1, 0.15) is 5.56 Å². The molecule has 0 unspecified atom stereocenters. The predicted octanol–water partition coefficient (Wildman–Crippen LogP) is 6.02. The van der Waals surface area contributed by atoms with Gasteiger partial charge in [-0.1, -0.05) is 71.9 Å². The summed E-state index contributed by atoms with van der Waals surface area (Å²) in [6.45, 7) is 0. The summed E-state index contributed by atoms with van der Waals surface area (Å²) in [6, 6.07) is 24.0. The zero-order valence-electron chi connectivity index (χ0n) is 14.2. The molecule has 0 aliphatic rings. The van der Waals surface area contributed by atoms with Crippen LogP contribution in [0.15, 0.2) is 84.0 Å². The van der Waals surface area contributed by atoms with Crippen LogP contribution < -0.4 is 0 Å². The first kappa shape index (κ1) is 17.8. The first-order valence-electron chi connectivity index (χ1n) is 8.36. The molecule has 3 aromatic carbocycles. The third-order valence-corrected chi connectivity index (χ3v) is 5.42. The van der Waals surface area contributed by atoms with Gasteiger partial charge in [0, 0.05) is 16.5 Å². The maximum absolute atomic E-state index is 14.4. The Labute approximate surface area is 165 Å². The predicted molar refractivity (Wildman–Crippen MR) is 108 cm³/mol. The molecule has 1 aromatic heterocycles. The smallest absolute Gasteiger partial charge is 0.196 e. The molecular weight excluding hydrogens is 381 g/mol. The van der Waals surface area contributed by atoms with Gasteiger partial charge in [0.2, 0.25) is 0 Å². The summed E-state index contributed by atoms with van der Waals surface area (Å²) in [4.78, 5) is 0. The number of para-hydroxylation sites is 1. The summed E-state index contributed by atoms with van der Waals surface area (Å²) in [6.07, 6.45) is 0. The van der Waals surface area contributed by atoms with E-state index in [1.54, 1.807) is 18.2 Å². The van der Waals surface area contributed by atoms with Gasteiger partial charge in [0.1, 0.15) is 5.82 Å². The molecule has 0 amide bonds. The van der Waals surface area contributed by atoms with Gasteiger partial charge in [0.25, 0.3) is 0 Å². The van der Waals surface area contributed by atoms with E-state index in [1.807, 2.05) is 59.2 Å². The van der Waals surface area contributed by atoms with Gasteiger partial charge in [0.05, 0.1) is 5.56 Å². The molecule has 0 fully saturated rings. The fraction of sp³-hybridized carbons (Fsp3) is 0.0476. The molecule has 0 radical (unpaired) electrons. The molecule has 0 aliphatic heterocycles. The summed E-state index contributed by atoms with van der Waals surface area (Å²) in [5.74, 6) is 0.785. The second-order valence-electron chi connectivity index (χ2n) is 5.84. The number of halogens is 2. The number of nitrogens with zero attached hydrogens (tertiary/aromatic N) is 3. The topological polar surface area (TPSA) is 30.7 Å². The zero-order valence-corrected chi connectivity index (χ0v) is 15.8. The number of rotatable bonds is 5. The van der Waals surface area contributed by atoms with Gasteiger partial charge >= 0.3 is 0 Å². The molecule has 0 atom stereocenters. The van der Waals surface area contributed by atoms with Gasteiger partial charge in [-0.25, -0.2) is 4.39 Å². The van der Waals surface area contributed by atoms with Crippen LogP contribution in [0.4, 0.5) is 4.39 Å². The molecule has 3 nitrogen and oxygen atoms in total. The Hall–Kier alpha value is -2.63. The molecule has 1 heterocycles. The van der Waals surface area contributed by atoms with E-state index in [4.69, 9.17) is 11.6 Å². The van der Waals surface area contributed by atoms with Crippen molar-refractivity contribution in [3.8, 4) is 17.1 Å². The van der Waals surface area contributed by atoms with Crippen LogP contribution in [0.5, 0.6) is 0 Å². The van der Waals surface area contributed by atoms with Crippen molar-refractivity contribution in [1.82, 2.24) is 14.8 Å². The molecule has 134 valence electrons. The van der Waals surface area contributed by atoms with Crippen molar-refractivity contribution in [2.75, 3.05) is 0 Å². The summed E-state index contributed by atoms with van der Waals surface area (Å²) in [7, 11) is 0. The fourth-order valence-electron chi connectivity index (χ4n) is 2.75. The third-order valence-electron chi connectivity index (χ3n) is 4.08. The van der Waals surface area contributed by atoms with Crippen LogP contribution >= 0.6 is 23.4 Å². The molecule has 27 heavy (non-hydrogen) atoms. The molecule has 4 rings (SSSR count). The second-order valence-corrected chi connectivity index (χ2v) is 7.19. The molecule has 0 saturated heterocycles. The minimum Gasteiger partial charge on any atom is -0.270 e. The molecule has 0 aliphatic carbocycles. The van der Waals surface area contributed by atoms with Gasteiger partial charge in [-0.05, 0) is 35.9 Å². The monoisotopic (exact) mass is 395 g/mol. The van der Waals surface area contributed by atoms with Crippen molar-refractivity contribution in [2.24, 2.45) is 0 Å². The highest BCUT2D eigenvalue weighted by atomic mass is 35.5. The van der Waals surface area contributed by atoms with E-state index in [9.17, 15) is 4.39 Å². The van der Waals surface area contributed by atoms with Crippen molar-refractivity contribution in [3.63, 3.8) is 0 Å². The lowest BCUT2D eigenvalue weighted by atomic mass is 10.2. The maximum Gasteiger partial charge on any atom is 0.196 e. The normalized spacial score (nSPS) is 10.9. The third kappa shape index (κ3) is 3.75. The number of benzene rings is 3. The Morgan fingerprint density at radius 3 is 2.33 bits per heavy atom. The summed E-state index contributed by atoms with van der Waals surface area (Å²) in [5, 5.41) is 9.99. The quantitative estimate of drug-likeness (QED) is 0.387. The van der Waals surface area contributed by atoms with Crippen LogP contribution in [-0.4, -0.2) is 14.8 Å². The van der Waals surface area contributed by atoms with Gasteiger partial charge in [-0.2, -0.15) is 0 Å². The van der Waals surface area contributed by atoms with E-state index in [-0.39, 0.29) is 5.82 Å². The minimum atomic E-state index is -0.329. The first-order chi connectivity index (χ1) is 13.2. The average Bonchev–Trinajstić information content (AvgIpc) is 3.12. The second kappa shape index (κ2) is 7.94. The van der Waals surface area contributed by atoms with Crippen molar-refractivity contribution >= 4 is 23.4 Å². The Kier molecular flexibility index (Phi) is 5.23. The number of hydrogen-bond donors (Lipinski definition) is 0. The first-order valence-corrected chi connectivity index (χ1v) is 9.72. The van der Waals surface area contributed by atoms with Crippen molar-refractivity contribution in [1.29, 1.82) is 0 Å². The van der Waals surface area contributed by atoms with Crippen LogP contribution in [-0.2, 0) is 5.75 Å². The van der Waals surface area contributed by atoms with Crippen LogP contribution in [0.2, 0.25) is 5.02 Å². The molecule has 0 spiro atoms. The van der Waals surface area contributed by atoms with Gasteiger partial charge < -0.3 is 0 Å². The van der Waals surface area contributed by atoms with Crippen LogP contribution in [0, 0.1) is 5.82 Å². The Morgan fingerprint density at radius 1 is 0.852 bits per heavy atom.